The van der Waals surface area contributed by atoms with Gasteiger partial charge in [-0.1, -0.05) is 12.1 Å². The normalized spacial score (nSPS) is 18.1. The smallest absolute Gasteiger partial charge is 0.332 e. The Kier molecular flexibility index (Phi) is 3.81. The minimum atomic E-state index is -0.675. The zero-order chi connectivity index (χ0) is 16.6. The molecule has 0 aliphatic carbocycles. The molecule has 1 aromatic heterocycles. The third-order valence-electron chi connectivity index (χ3n) is 3.66. The highest BCUT2D eigenvalue weighted by molar-refractivity contribution is 6.13. The van der Waals surface area contributed by atoms with Gasteiger partial charge in [-0.3, -0.25) is 14.6 Å². The first kappa shape index (κ1) is 15.1. The second-order valence-electron chi connectivity index (χ2n) is 5.19. The Balaban J connectivity index is 1.84. The second-order valence-corrected chi connectivity index (χ2v) is 5.19. The van der Waals surface area contributed by atoms with Crippen molar-refractivity contribution in [1.82, 2.24) is 15.0 Å². The van der Waals surface area contributed by atoms with E-state index in [4.69, 9.17) is 4.52 Å². The van der Waals surface area contributed by atoms with E-state index in [-0.39, 0.29) is 18.3 Å². The molecule has 0 unspecified atom stereocenters. The van der Waals surface area contributed by atoms with Crippen molar-refractivity contribution in [3.63, 3.8) is 0 Å². The number of benzene rings is 1. The summed E-state index contributed by atoms with van der Waals surface area (Å²) in [6.07, 6.45) is 0.576. The average molecular weight is 318 g/mol. The number of hydrogen-bond donors (Lipinski definition) is 0. The predicted molar refractivity (Wildman–Crippen MR) is 78.0 cm³/mol. The van der Waals surface area contributed by atoms with Gasteiger partial charge in [-0.05, 0) is 31.2 Å². The molecule has 1 aliphatic rings. The van der Waals surface area contributed by atoms with Crippen LogP contribution in [-0.4, -0.2) is 33.0 Å². The van der Waals surface area contributed by atoms with Crippen LogP contribution in [0.4, 0.5) is 14.9 Å². The van der Waals surface area contributed by atoms with Crippen molar-refractivity contribution in [2.24, 2.45) is 0 Å². The van der Waals surface area contributed by atoms with Gasteiger partial charge in [0.05, 0.1) is 6.54 Å². The van der Waals surface area contributed by atoms with Crippen molar-refractivity contribution in [1.29, 1.82) is 0 Å². The highest BCUT2D eigenvalue weighted by Gasteiger charge is 2.43. The third kappa shape index (κ3) is 2.67. The molecule has 1 aromatic carbocycles. The van der Waals surface area contributed by atoms with Gasteiger partial charge in [0, 0.05) is 12.1 Å². The van der Waals surface area contributed by atoms with Crippen molar-refractivity contribution in [3.05, 3.63) is 41.8 Å². The minimum absolute atomic E-state index is 0.0524. The Bertz CT molecular complexity index is 743. The minimum Gasteiger partial charge on any atom is -0.339 e. The van der Waals surface area contributed by atoms with E-state index in [0.29, 0.717) is 18.0 Å². The molecule has 0 N–H and O–H groups in total. The first-order valence-corrected chi connectivity index (χ1v) is 7.23. The van der Waals surface area contributed by atoms with E-state index in [0.717, 1.165) is 4.90 Å². The van der Waals surface area contributed by atoms with E-state index in [9.17, 15) is 14.0 Å². The summed E-state index contributed by atoms with van der Waals surface area (Å²) in [5.74, 6) is -0.0449. The SMILES string of the molecule is CCc1nc(CN2C(=O)[C@H](C)N(c3ccc(F)cc3)C2=O)no1. The van der Waals surface area contributed by atoms with Gasteiger partial charge >= 0.3 is 6.03 Å². The number of anilines is 1. The topological polar surface area (TPSA) is 79.5 Å². The molecule has 1 fully saturated rings. The number of nitrogens with zero attached hydrogens (tertiary/aromatic N) is 4. The van der Waals surface area contributed by atoms with E-state index in [1.807, 2.05) is 6.92 Å². The maximum atomic E-state index is 13.0. The fraction of sp³-hybridized carbons (Fsp3) is 0.333. The lowest BCUT2D eigenvalue weighted by atomic mass is 10.2. The third-order valence-corrected chi connectivity index (χ3v) is 3.66. The monoisotopic (exact) mass is 318 g/mol. The zero-order valence-corrected chi connectivity index (χ0v) is 12.7. The first-order valence-electron chi connectivity index (χ1n) is 7.23. The molecular weight excluding hydrogens is 303 g/mol. The Morgan fingerprint density at radius 1 is 1.26 bits per heavy atom. The van der Waals surface area contributed by atoms with Gasteiger partial charge in [0.15, 0.2) is 5.82 Å². The summed E-state index contributed by atoms with van der Waals surface area (Å²) < 4.78 is 18.0. The lowest BCUT2D eigenvalue weighted by molar-refractivity contribution is -0.127. The Hall–Kier alpha value is -2.77. The van der Waals surface area contributed by atoms with Crippen molar-refractivity contribution >= 4 is 17.6 Å². The first-order chi connectivity index (χ1) is 11.0. The molecule has 0 saturated carbocycles. The Morgan fingerprint density at radius 2 is 1.96 bits per heavy atom. The summed E-state index contributed by atoms with van der Waals surface area (Å²) in [6, 6.07) is 4.25. The van der Waals surface area contributed by atoms with E-state index < -0.39 is 17.9 Å². The fourth-order valence-corrected chi connectivity index (χ4v) is 2.45. The number of aromatic nitrogens is 2. The molecule has 3 rings (SSSR count). The molecule has 120 valence electrons. The lowest BCUT2D eigenvalue weighted by Crippen LogP contribution is -2.33. The van der Waals surface area contributed by atoms with Crippen molar-refractivity contribution in [2.45, 2.75) is 32.9 Å². The maximum Gasteiger partial charge on any atom is 0.332 e. The molecule has 0 spiro atoms. The highest BCUT2D eigenvalue weighted by atomic mass is 19.1. The van der Waals surface area contributed by atoms with Gasteiger partial charge in [0.2, 0.25) is 5.89 Å². The molecule has 2 heterocycles. The van der Waals surface area contributed by atoms with Crippen LogP contribution < -0.4 is 4.90 Å². The van der Waals surface area contributed by atoms with Gasteiger partial charge in [-0.2, -0.15) is 4.98 Å². The molecule has 23 heavy (non-hydrogen) atoms. The number of amides is 3. The van der Waals surface area contributed by atoms with Crippen LogP contribution in [0.3, 0.4) is 0 Å². The molecule has 1 aliphatic heterocycles. The highest BCUT2D eigenvalue weighted by Crippen LogP contribution is 2.26. The number of aryl methyl sites for hydroxylation is 1. The molecule has 3 amide bonds. The van der Waals surface area contributed by atoms with E-state index in [2.05, 4.69) is 10.1 Å². The van der Waals surface area contributed by atoms with Crippen molar-refractivity contribution in [2.75, 3.05) is 4.90 Å². The maximum absolute atomic E-state index is 13.0. The summed E-state index contributed by atoms with van der Waals surface area (Å²) in [5, 5.41) is 3.75. The van der Waals surface area contributed by atoms with Crippen LogP contribution in [0.15, 0.2) is 28.8 Å². The molecule has 8 heteroatoms. The fourth-order valence-electron chi connectivity index (χ4n) is 2.45. The molecule has 7 nitrogen and oxygen atoms in total. The van der Waals surface area contributed by atoms with Gasteiger partial charge in [0.1, 0.15) is 11.9 Å². The number of imide groups is 1. The molecule has 2 aromatic rings. The van der Waals surface area contributed by atoms with Crippen molar-refractivity contribution < 1.29 is 18.5 Å². The summed E-state index contributed by atoms with van der Waals surface area (Å²) in [7, 11) is 0. The quantitative estimate of drug-likeness (QED) is 0.807. The molecule has 1 saturated heterocycles. The van der Waals surface area contributed by atoms with Crippen LogP contribution in [0, 0.1) is 5.82 Å². The number of halogens is 1. The van der Waals surface area contributed by atoms with Gasteiger partial charge in [-0.15, -0.1) is 0 Å². The largest absolute Gasteiger partial charge is 0.339 e. The van der Waals surface area contributed by atoms with Crippen LogP contribution in [0.1, 0.15) is 25.6 Å². The molecule has 1 atom stereocenters. The van der Waals surface area contributed by atoms with Crippen LogP contribution in [0.25, 0.3) is 0 Å². The zero-order valence-electron chi connectivity index (χ0n) is 12.7. The van der Waals surface area contributed by atoms with Gasteiger partial charge < -0.3 is 4.52 Å². The van der Waals surface area contributed by atoms with Gasteiger partial charge in [0.25, 0.3) is 5.91 Å². The van der Waals surface area contributed by atoms with Crippen LogP contribution in [-0.2, 0) is 17.8 Å². The van der Waals surface area contributed by atoms with Crippen LogP contribution in [0.5, 0.6) is 0 Å². The van der Waals surface area contributed by atoms with Crippen LogP contribution in [0.2, 0.25) is 0 Å². The second kappa shape index (κ2) is 5.79. The Labute approximate surface area is 131 Å². The standard InChI is InChI=1S/C15H15FN4O3/c1-3-13-17-12(18-23-13)8-19-14(21)9(2)20(15(19)22)11-6-4-10(16)5-7-11/h4-7,9H,3,8H2,1-2H3/t9-/m0/s1. The predicted octanol–water partition coefficient (Wildman–Crippen LogP) is 2.13. The number of carbonyl (C=O) groups is 2. The van der Waals surface area contributed by atoms with E-state index in [1.165, 1.54) is 29.2 Å². The summed E-state index contributed by atoms with van der Waals surface area (Å²) in [5.41, 5.74) is 0.460. The van der Waals surface area contributed by atoms with E-state index in [1.54, 1.807) is 6.92 Å². The number of carbonyl (C=O) groups excluding carboxylic acids is 2. The molecule has 0 bridgehead atoms. The molecular formula is C15H15FN4O3. The average Bonchev–Trinajstić information content (AvgIpc) is 3.08. The molecule has 0 radical (unpaired) electrons. The van der Waals surface area contributed by atoms with E-state index >= 15 is 0 Å². The summed E-state index contributed by atoms with van der Waals surface area (Å²) in [6.45, 7) is 3.43. The van der Waals surface area contributed by atoms with Crippen LogP contribution >= 0.6 is 0 Å². The van der Waals surface area contributed by atoms with Gasteiger partial charge in [-0.25, -0.2) is 9.18 Å². The number of rotatable bonds is 4. The lowest BCUT2D eigenvalue weighted by Gasteiger charge is -2.19. The number of hydrogen-bond acceptors (Lipinski definition) is 5. The van der Waals surface area contributed by atoms with Crippen molar-refractivity contribution in [3.8, 4) is 0 Å². The Morgan fingerprint density at radius 3 is 2.57 bits per heavy atom. The summed E-state index contributed by atoms with van der Waals surface area (Å²) in [4.78, 5) is 31.4. The summed E-state index contributed by atoms with van der Waals surface area (Å²) >= 11 is 0. The number of urea groups is 1.